The number of hydrogen-bond acceptors (Lipinski definition) is 2. The molecule has 0 radical (unpaired) electrons. The van der Waals surface area contributed by atoms with Crippen molar-refractivity contribution in [2.45, 2.75) is 39.0 Å². The Morgan fingerprint density at radius 1 is 1.26 bits per heavy atom. The Hall–Kier alpha value is -2.29. The number of anilines is 1. The topological polar surface area (TPSA) is 42.2 Å². The van der Waals surface area contributed by atoms with E-state index in [1.165, 1.54) is 12.5 Å². The highest BCUT2D eigenvalue weighted by Gasteiger charge is 2.36. The van der Waals surface area contributed by atoms with Crippen molar-refractivity contribution in [2.75, 3.05) is 5.32 Å². The number of carbonyl (C=O) groups excluding carboxylic acids is 1. The van der Waals surface area contributed by atoms with Crippen molar-refractivity contribution in [1.82, 2.24) is 0 Å². The molecule has 23 heavy (non-hydrogen) atoms. The van der Waals surface area contributed by atoms with Crippen LogP contribution in [0.1, 0.15) is 56.1 Å². The summed E-state index contributed by atoms with van der Waals surface area (Å²) in [6.45, 7) is 6.45. The summed E-state index contributed by atoms with van der Waals surface area (Å²) in [4.78, 5) is 12.1. The number of nitrogens with one attached hydrogen (secondary N) is 1. The van der Waals surface area contributed by atoms with Gasteiger partial charge in [-0.3, -0.25) is 4.79 Å². The van der Waals surface area contributed by atoms with Crippen molar-refractivity contribution < 1.29 is 9.21 Å². The molecule has 3 heteroatoms. The van der Waals surface area contributed by atoms with Crippen LogP contribution in [0.2, 0.25) is 0 Å². The molecule has 1 aromatic carbocycles. The summed E-state index contributed by atoms with van der Waals surface area (Å²) in [7, 11) is 0. The predicted molar refractivity (Wildman–Crippen MR) is 93.4 cm³/mol. The SMILES string of the molecule is CC(C)c1ccccc1NC(=O)/C=C/c1ccc([C@@H]2C[C@@H]2C)o1. The number of rotatable bonds is 5. The van der Waals surface area contributed by atoms with Gasteiger partial charge in [-0.2, -0.15) is 0 Å². The molecule has 2 atom stereocenters. The van der Waals surface area contributed by atoms with E-state index in [9.17, 15) is 4.79 Å². The van der Waals surface area contributed by atoms with Crippen LogP contribution < -0.4 is 5.32 Å². The summed E-state index contributed by atoms with van der Waals surface area (Å²) in [5.41, 5.74) is 2.00. The van der Waals surface area contributed by atoms with E-state index in [4.69, 9.17) is 4.42 Å². The van der Waals surface area contributed by atoms with E-state index >= 15 is 0 Å². The number of benzene rings is 1. The van der Waals surface area contributed by atoms with Crippen molar-refractivity contribution in [1.29, 1.82) is 0 Å². The predicted octanol–water partition coefficient (Wildman–Crippen LogP) is 5.18. The first-order valence-corrected chi connectivity index (χ1v) is 8.22. The Kier molecular flexibility index (Phi) is 4.37. The summed E-state index contributed by atoms with van der Waals surface area (Å²) in [5, 5.41) is 2.94. The van der Waals surface area contributed by atoms with Crippen LogP contribution in [0.3, 0.4) is 0 Å². The minimum atomic E-state index is -0.143. The molecule has 0 aliphatic heterocycles. The van der Waals surface area contributed by atoms with Gasteiger partial charge in [0.25, 0.3) is 0 Å². The molecule has 2 aromatic rings. The highest BCUT2D eigenvalue weighted by Crippen LogP contribution is 2.47. The van der Waals surface area contributed by atoms with Crippen LogP contribution in [-0.4, -0.2) is 5.91 Å². The third-order valence-electron chi connectivity index (χ3n) is 4.36. The smallest absolute Gasteiger partial charge is 0.248 e. The molecular weight excluding hydrogens is 286 g/mol. The van der Waals surface area contributed by atoms with E-state index in [1.54, 1.807) is 6.08 Å². The molecule has 1 aromatic heterocycles. The Bertz CT molecular complexity index is 727. The molecule has 0 unspecified atom stereocenters. The molecule has 1 heterocycles. The molecule has 120 valence electrons. The second kappa shape index (κ2) is 6.45. The van der Waals surface area contributed by atoms with Crippen LogP contribution >= 0.6 is 0 Å². The van der Waals surface area contributed by atoms with Crippen LogP contribution in [-0.2, 0) is 4.79 Å². The average Bonchev–Trinajstić information content (AvgIpc) is 3.07. The minimum Gasteiger partial charge on any atom is -0.461 e. The maximum Gasteiger partial charge on any atom is 0.248 e. The molecule has 0 saturated heterocycles. The van der Waals surface area contributed by atoms with E-state index in [2.05, 4.69) is 26.1 Å². The lowest BCUT2D eigenvalue weighted by atomic mass is 10.0. The van der Waals surface area contributed by atoms with Crippen LogP contribution in [0.15, 0.2) is 46.9 Å². The fraction of sp³-hybridized carbons (Fsp3) is 0.350. The van der Waals surface area contributed by atoms with Gasteiger partial charge >= 0.3 is 0 Å². The molecule has 1 fully saturated rings. The minimum absolute atomic E-state index is 0.143. The Morgan fingerprint density at radius 2 is 2.00 bits per heavy atom. The fourth-order valence-electron chi connectivity index (χ4n) is 2.82. The number of amides is 1. The average molecular weight is 309 g/mol. The van der Waals surface area contributed by atoms with Gasteiger partial charge in [-0.1, -0.05) is 39.0 Å². The third kappa shape index (κ3) is 3.73. The van der Waals surface area contributed by atoms with Gasteiger partial charge in [-0.15, -0.1) is 0 Å². The summed E-state index contributed by atoms with van der Waals surface area (Å²) in [6, 6.07) is 11.8. The monoisotopic (exact) mass is 309 g/mol. The summed E-state index contributed by atoms with van der Waals surface area (Å²) in [5.74, 6) is 3.26. The van der Waals surface area contributed by atoms with Crippen LogP contribution in [0.5, 0.6) is 0 Å². The number of carbonyl (C=O) groups is 1. The Morgan fingerprint density at radius 3 is 2.70 bits per heavy atom. The zero-order valence-corrected chi connectivity index (χ0v) is 13.9. The first kappa shape index (κ1) is 15.6. The summed E-state index contributed by atoms with van der Waals surface area (Å²) < 4.78 is 5.77. The molecule has 1 aliphatic rings. The molecule has 3 rings (SSSR count). The molecule has 0 bridgehead atoms. The largest absolute Gasteiger partial charge is 0.461 e. The molecule has 0 spiro atoms. The molecule has 1 amide bonds. The zero-order valence-electron chi connectivity index (χ0n) is 13.9. The van der Waals surface area contributed by atoms with Gasteiger partial charge in [0.2, 0.25) is 5.91 Å². The molecule has 1 saturated carbocycles. The van der Waals surface area contributed by atoms with Crippen molar-refractivity contribution in [2.24, 2.45) is 5.92 Å². The van der Waals surface area contributed by atoms with Gasteiger partial charge in [-0.25, -0.2) is 0 Å². The van der Waals surface area contributed by atoms with Gasteiger partial charge < -0.3 is 9.73 Å². The summed E-state index contributed by atoms with van der Waals surface area (Å²) >= 11 is 0. The lowest BCUT2D eigenvalue weighted by Crippen LogP contribution is -2.10. The normalized spacial score (nSPS) is 20.2. The van der Waals surface area contributed by atoms with E-state index in [0.717, 1.165) is 22.8 Å². The number of hydrogen-bond donors (Lipinski definition) is 1. The van der Waals surface area contributed by atoms with E-state index < -0.39 is 0 Å². The summed E-state index contributed by atoms with van der Waals surface area (Å²) in [6.07, 6.45) is 4.45. The van der Waals surface area contributed by atoms with Crippen molar-refractivity contribution >= 4 is 17.7 Å². The highest BCUT2D eigenvalue weighted by atomic mass is 16.3. The fourth-order valence-corrected chi connectivity index (χ4v) is 2.82. The van der Waals surface area contributed by atoms with Crippen LogP contribution in [0, 0.1) is 5.92 Å². The quantitative estimate of drug-likeness (QED) is 0.773. The number of furan rings is 1. The third-order valence-corrected chi connectivity index (χ3v) is 4.36. The van der Waals surface area contributed by atoms with Gasteiger partial charge in [0.05, 0.1) is 0 Å². The second-order valence-electron chi connectivity index (χ2n) is 6.62. The standard InChI is InChI=1S/C20H23NO2/c1-13(2)16-6-4-5-7-18(16)21-20(22)11-9-15-8-10-19(23-15)17-12-14(17)3/h4-11,13-14,17H,12H2,1-3H3,(H,21,22)/b11-9+/t14-,17+/m0/s1. The molecule has 3 nitrogen and oxygen atoms in total. The maximum atomic E-state index is 12.1. The lowest BCUT2D eigenvalue weighted by Gasteiger charge is -2.12. The first-order valence-electron chi connectivity index (χ1n) is 8.22. The van der Waals surface area contributed by atoms with E-state index in [-0.39, 0.29) is 5.91 Å². The van der Waals surface area contributed by atoms with Crippen LogP contribution in [0.4, 0.5) is 5.69 Å². The first-order chi connectivity index (χ1) is 11.0. The van der Waals surface area contributed by atoms with E-state index in [0.29, 0.717) is 17.8 Å². The van der Waals surface area contributed by atoms with Gasteiger partial charge in [0, 0.05) is 17.7 Å². The highest BCUT2D eigenvalue weighted by molar-refractivity contribution is 6.02. The van der Waals surface area contributed by atoms with Gasteiger partial charge in [0.15, 0.2) is 0 Å². The maximum absolute atomic E-state index is 12.1. The van der Waals surface area contributed by atoms with Gasteiger partial charge in [0.1, 0.15) is 11.5 Å². The molecular formula is C20H23NO2. The Balaban J connectivity index is 1.64. The van der Waals surface area contributed by atoms with Gasteiger partial charge in [-0.05, 0) is 48.1 Å². The molecule has 1 N–H and O–H groups in total. The molecule has 1 aliphatic carbocycles. The van der Waals surface area contributed by atoms with E-state index in [1.807, 2.05) is 36.4 Å². The van der Waals surface area contributed by atoms with Crippen molar-refractivity contribution in [3.05, 3.63) is 59.6 Å². The zero-order chi connectivity index (χ0) is 16.4. The van der Waals surface area contributed by atoms with Crippen molar-refractivity contribution in [3.63, 3.8) is 0 Å². The van der Waals surface area contributed by atoms with Crippen molar-refractivity contribution in [3.8, 4) is 0 Å². The Labute approximate surface area is 137 Å². The number of para-hydroxylation sites is 1. The lowest BCUT2D eigenvalue weighted by molar-refractivity contribution is -0.111. The van der Waals surface area contributed by atoms with Crippen LogP contribution in [0.25, 0.3) is 6.08 Å². The second-order valence-corrected chi connectivity index (χ2v) is 6.62.